The minimum atomic E-state index is -0.569. The van der Waals surface area contributed by atoms with Gasteiger partial charge in [-0.3, -0.25) is 9.80 Å². The van der Waals surface area contributed by atoms with Gasteiger partial charge in [0.2, 0.25) is 0 Å². The predicted octanol–water partition coefficient (Wildman–Crippen LogP) is 9.31. The summed E-state index contributed by atoms with van der Waals surface area (Å²) in [5.74, 6) is 13.9. The molecule has 10 heteroatoms. The fourth-order valence-electron chi connectivity index (χ4n) is 6.81. The van der Waals surface area contributed by atoms with Gasteiger partial charge in [0.15, 0.2) is 0 Å². The molecule has 0 saturated carbocycles. The molecule has 2 atom stereocenters. The number of rotatable bonds is 4. The van der Waals surface area contributed by atoms with E-state index in [4.69, 9.17) is 14.5 Å². The fraction of sp³-hybridized carbons (Fsp3) is 0.455. The SMILES string of the molecule is CC(C)(C)OC(=O)N1CCC[C@H]1c1ncc(C#CC#Cc2ccc(-c3cnc([C@@H]4CCCN4C(=O)OC(C)(C)C)[nH]3)cc2-c2cccc(C(C)(C)C)c2)[nH]1. The summed E-state index contributed by atoms with van der Waals surface area (Å²) < 4.78 is 11.3. The Morgan fingerprint density at radius 2 is 1.31 bits per heavy atom. The smallest absolute Gasteiger partial charge is 0.410 e. The number of nitrogens with zero attached hydrogens (tertiary/aromatic N) is 4. The fourth-order valence-corrected chi connectivity index (χ4v) is 6.81. The Hall–Kier alpha value is -5.48. The molecule has 0 spiro atoms. The zero-order chi connectivity index (χ0) is 38.8. The van der Waals surface area contributed by atoms with Crippen LogP contribution in [0.5, 0.6) is 0 Å². The highest BCUT2D eigenvalue weighted by molar-refractivity contribution is 5.78. The Bertz CT molecular complexity index is 2140. The lowest BCUT2D eigenvalue weighted by molar-refractivity contribution is 0.0208. The van der Waals surface area contributed by atoms with Crippen molar-refractivity contribution in [3.63, 3.8) is 0 Å². The van der Waals surface area contributed by atoms with Gasteiger partial charge in [0, 0.05) is 24.2 Å². The van der Waals surface area contributed by atoms with Crippen molar-refractivity contribution in [2.75, 3.05) is 13.1 Å². The van der Waals surface area contributed by atoms with Gasteiger partial charge in [-0.25, -0.2) is 19.6 Å². The van der Waals surface area contributed by atoms with E-state index in [9.17, 15) is 9.59 Å². The van der Waals surface area contributed by atoms with E-state index in [2.05, 4.69) is 89.7 Å². The summed E-state index contributed by atoms with van der Waals surface area (Å²) in [5, 5.41) is 0. The maximum atomic E-state index is 13.0. The Morgan fingerprint density at radius 1 is 0.722 bits per heavy atom. The number of likely N-dealkylation sites (tertiary alicyclic amines) is 2. The summed E-state index contributed by atoms with van der Waals surface area (Å²) in [6.07, 6.45) is 6.26. The van der Waals surface area contributed by atoms with Gasteiger partial charge in [-0.2, -0.15) is 0 Å². The molecule has 6 rings (SSSR count). The molecule has 2 amide bonds. The van der Waals surface area contributed by atoms with Gasteiger partial charge >= 0.3 is 12.2 Å². The predicted molar refractivity (Wildman–Crippen MR) is 210 cm³/mol. The van der Waals surface area contributed by atoms with Gasteiger partial charge in [0.25, 0.3) is 0 Å². The summed E-state index contributed by atoms with van der Waals surface area (Å²) in [6.45, 7) is 19.1. The van der Waals surface area contributed by atoms with E-state index in [1.807, 2.05) is 59.9 Å². The number of amides is 2. The second-order valence-electron chi connectivity index (χ2n) is 17.1. The third-order valence-corrected chi connectivity index (χ3v) is 9.41. The second kappa shape index (κ2) is 15.1. The molecule has 4 heterocycles. The molecule has 2 aromatic heterocycles. The third kappa shape index (κ3) is 9.17. The summed E-state index contributed by atoms with van der Waals surface area (Å²) in [7, 11) is 0. The molecule has 4 aromatic rings. The molecule has 0 unspecified atom stereocenters. The van der Waals surface area contributed by atoms with Crippen molar-refractivity contribution in [3.05, 3.63) is 83.3 Å². The van der Waals surface area contributed by atoms with Gasteiger partial charge in [-0.15, -0.1) is 0 Å². The number of aromatic amines is 2. The zero-order valence-electron chi connectivity index (χ0n) is 33.0. The molecule has 10 nitrogen and oxygen atoms in total. The van der Waals surface area contributed by atoms with Crippen LogP contribution in [-0.4, -0.2) is 66.2 Å². The summed E-state index contributed by atoms with van der Waals surface area (Å²) in [4.78, 5) is 45.4. The van der Waals surface area contributed by atoms with E-state index in [0.717, 1.165) is 59.5 Å². The van der Waals surface area contributed by atoms with Crippen LogP contribution in [-0.2, 0) is 14.9 Å². The first kappa shape index (κ1) is 38.3. The number of benzene rings is 2. The number of aromatic nitrogens is 4. The lowest BCUT2D eigenvalue weighted by Crippen LogP contribution is -2.36. The van der Waals surface area contributed by atoms with E-state index in [0.29, 0.717) is 24.6 Å². The number of imidazole rings is 2. The van der Waals surface area contributed by atoms with Crippen LogP contribution in [0.1, 0.15) is 129 Å². The van der Waals surface area contributed by atoms with Crippen LogP contribution in [0.4, 0.5) is 9.59 Å². The third-order valence-electron chi connectivity index (χ3n) is 9.41. The van der Waals surface area contributed by atoms with E-state index in [1.54, 1.807) is 16.0 Å². The average molecular weight is 729 g/mol. The van der Waals surface area contributed by atoms with Crippen LogP contribution in [0.15, 0.2) is 54.9 Å². The maximum Gasteiger partial charge on any atom is 0.410 e. The van der Waals surface area contributed by atoms with Crippen LogP contribution < -0.4 is 0 Å². The minimum absolute atomic E-state index is 0.0319. The van der Waals surface area contributed by atoms with E-state index in [1.165, 1.54) is 5.56 Å². The van der Waals surface area contributed by atoms with Crippen molar-refractivity contribution in [2.24, 2.45) is 0 Å². The average Bonchev–Trinajstić information content (AvgIpc) is 3.91. The molecule has 2 aliphatic heterocycles. The number of ether oxygens (including phenoxy) is 2. The molecule has 282 valence electrons. The monoisotopic (exact) mass is 728 g/mol. The molecular weight excluding hydrogens is 677 g/mol. The second-order valence-corrected chi connectivity index (χ2v) is 17.1. The normalized spacial score (nSPS) is 17.4. The van der Waals surface area contributed by atoms with Gasteiger partial charge in [-0.1, -0.05) is 57.0 Å². The first-order valence-corrected chi connectivity index (χ1v) is 18.8. The summed E-state index contributed by atoms with van der Waals surface area (Å²) in [5.41, 5.74) is 5.38. The number of hydrogen-bond acceptors (Lipinski definition) is 6. The van der Waals surface area contributed by atoms with Crippen molar-refractivity contribution < 1.29 is 19.1 Å². The highest BCUT2D eigenvalue weighted by Crippen LogP contribution is 2.36. The van der Waals surface area contributed by atoms with Crippen molar-refractivity contribution in [3.8, 4) is 46.1 Å². The number of H-pyrrole nitrogens is 2. The molecule has 2 N–H and O–H groups in total. The number of carbonyl (C=O) groups excluding carboxylic acids is 2. The van der Waals surface area contributed by atoms with Gasteiger partial charge in [0.1, 0.15) is 28.5 Å². The highest BCUT2D eigenvalue weighted by atomic mass is 16.6. The van der Waals surface area contributed by atoms with Crippen LogP contribution in [0.25, 0.3) is 22.4 Å². The molecular formula is C44H52N6O4. The Balaban J connectivity index is 1.26. The quantitative estimate of drug-likeness (QED) is 0.202. The highest BCUT2D eigenvalue weighted by Gasteiger charge is 2.36. The summed E-state index contributed by atoms with van der Waals surface area (Å²) >= 11 is 0. The number of carbonyl (C=O) groups is 2. The maximum absolute atomic E-state index is 13.0. The van der Waals surface area contributed by atoms with Gasteiger partial charge in [0.05, 0.1) is 30.2 Å². The van der Waals surface area contributed by atoms with E-state index < -0.39 is 11.2 Å². The molecule has 2 aromatic carbocycles. The number of hydrogen-bond donors (Lipinski definition) is 2. The topological polar surface area (TPSA) is 116 Å². The first-order chi connectivity index (χ1) is 25.4. The van der Waals surface area contributed by atoms with Crippen molar-refractivity contribution >= 4 is 12.2 Å². The standard InChI is InChI=1S/C44H52N6O4/c1-42(2,3)32-17-12-16-30(25-32)34-26-31(35-28-46-39(48-35)37-20-14-24-50(37)41(52)54-44(7,8)9)22-21-29(34)15-10-11-18-33-27-45-38(47-33)36-19-13-23-49(36)40(51)53-43(4,5)6/h12,16-17,21-22,25-28,36-37H,13-14,19-20,23-24H2,1-9H3,(H,45,47)(H,46,48)/t36-,37-/m0/s1. The first-order valence-electron chi connectivity index (χ1n) is 18.8. The van der Waals surface area contributed by atoms with E-state index in [-0.39, 0.29) is 29.7 Å². The molecule has 0 radical (unpaired) electrons. The zero-order valence-corrected chi connectivity index (χ0v) is 33.0. The molecule has 0 aliphatic carbocycles. The molecule has 2 aliphatic rings. The van der Waals surface area contributed by atoms with Crippen molar-refractivity contribution in [2.45, 2.75) is 117 Å². The van der Waals surface area contributed by atoms with Crippen molar-refractivity contribution in [1.82, 2.24) is 29.7 Å². The summed E-state index contributed by atoms with van der Waals surface area (Å²) in [6, 6.07) is 14.4. The lowest BCUT2D eigenvalue weighted by atomic mass is 9.85. The van der Waals surface area contributed by atoms with Gasteiger partial charge in [-0.05, 0) is 119 Å². The number of nitrogens with one attached hydrogen (secondary N) is 2. The Morgan fingerprint density at radius 3 is 1.93 bits per heavy atom. The van der Waals surface area contributed by atoms with Crippen LogP contribution >= 0.6 is 0 Å². The Kier molecular flexibility index (Phi) is 10.7. The minimum Gasteiger partial charge on any atom is -0.444 e. The van der Waals surface area contributed by atoms with Crippen molar-refractivity contribution in [1.29, 1.82) is 0 Å². The lowest BCUT2D eigenvalue weighted by Gasteiger charge is -2.27. The van der Waals surface area contributed by atoms with Gasteiger partial charge < -0.3 is 19.4 Å². The Labute approximate surface area is 319 Å². The van der Waals surface area contributed by atoms with Crippen LogP contribution in [0.2, 0.25) is 0 Å². The van der Waals surface area contributed by atoms with Crippen LogP contribution in [0, 0.1) is 23.7 Å². The van der Waals surface area contributed by atoms with E-state index >= 15 is 0 Å². The molecule has 2 fully saturated rings. The van der Waals surface area contributed by atoms with Crippen LogP contribution in [0.3, 0.4) is 0 Å². The molecule has 2 saturated heterocycles. The largest absolute Gasteiger partial charge is 0.444 e. The molecule has 0 bridgehead atoms. The molecule has 54 heavy (non-hydrogen) atoms.